The number of benzene rings is 1. The van der Waals surface area contributed by atoms with Gasteiger partial charge in [-0.15, -0.1) is 0 Å². The average Bonchev–Trinajstić information content (AvgIpc) is 3.05. The Morgan fingerprint density at radius 3 is 2.72 bits per heavy atom. The van der Waals surface area contributed by atoms with Crippen molar-refractivity contribution in [2.45, 2.75) is 50.0 Å². The van der Waals surface area contributed by atoms with Gasteiger partial charge in [0.2, 0.25) is 17.7 Å². The minimum Gasteiger partial charge on any atom is -0.496 e. The summed E-state index contributed by atoms with van der Waals surface area (Å²) in [6.45, 7) is 1.72. The van der Waals surface area contributed by atoms with Gasteiger partial charge in [0.1, 0.15) is 5.75 Å². The number of amides is 3. The lowest BCUT2D eigenvalue weighted by Crippen LogP contribution is -2.44. The first-order valence-corrected chi connectivity index (χ1v) is 11.3. The van der Waals surface area contributed by atoms with Gasteiger partial charge in [-0.05, 0) is 31.7 Å². The second-order valence-electron chi connectivity index (χ2n) is 8.57. The van der Waals surface area contributed by atoms with Gasteiger partial charge in [-0.25, -0.2) is 0 Å². The van der Waals surface area contributed by atoms with Crippen LogP contribution in [0.4, 0.5) is 0 Å². The number of carbonyl (C=O) groups excluding carboxylic acids is 3. The Hall–Kier alpha value is -2.45. The van der Waals surface area contributed by atoms with E-state index in [0.29, 0.717) is 17.9 Å². The molecule has 2 atom stereocenters. The first-order chi connectivity index (χ1) is 15.4. The molecule has 0 aromatic heterocycles. The Bertz CT molecular complexity index is 822. The SMILES string of the molecule is COCCN1C(=O)C[C@](CC(=O)N(C)CC[C@@H]2CCCCO2)(c2ccccc2OC)C1=O. The number of carbonyl (C=O) groups is 3. The third kappa shape index (κ3) is 5.13. The monoisotopic (exact) mass is 446 g/mol. The summed E-state index contributed by atoms with van der Waals surface area (Å²) in [5.74, 6) is -0.361. The highest BCUT2D eigenvalue weighted by Gasteiger charge is 2.55. The van der Waals surface area contributed by atoms with Crippen molar-refractivity contribution in [3.8, 4) is 5.75 Å². The molecule has 0 N–H and O–H groups in total. The molecule has 8 nitrogen and oxygen atoms in total. The highest BCUT2D eigenvalue weighted by atomic mass is 16.5. The van der Waals surface area contributed by atoms with E-state index in [9.17, 15) is 14.4 Å². The van der Waals surface area contributed by atoms with Crippen molar-refractivity contribution in [3.63, 3.8) is 0 Å². The molecule has 3 rings (SSSR count). The lowest BCUT2D eigenvalue weighted by atomic mass is 9.75. The summed E-state index contributed by atoms with van der Waals surface area (Å²) in [5, 5.41) is 0. The van der Waals surface area contributed by atoms with Crippen molar-refractivity contribution in [2.75, 3.05) is 47.6 Å². The number of ether oxygens (including phenoxy) is 3. The van der Waals surface area contributed by atoms with Crippen molar-refractivity contribution in [2.24, 2.45) is 0 Å². The molecule has 0 bridgehead atoms. The van der Waals surface area contributed by atoms with Crippen LogP contribution in [0, 0.1) is 0 Å². The molecular weight excluding hydrogens is 412 g/mol. The summed E-state index contributed by atoms with van der Waals surface area (Å²) < 4.78 is 16.3. The van der Waals surface area contributed by atoms with Gasteiger partial charge in [-0.2, -0.15) is 0 Å². The normalized spacial score (nSPS) is 23.5. The van der Waals surface area contributed by atoms with E-state index in [0.717, 1.165) is 32.3 Å². The first-order valence-electron chi connectivity index (χ1n) is 11.3. The van der Waals surface area contributed by atoms with Crippen LogP contribution in [0.2, 0.25) is 0 Å². The fraction of sp³-hybridized carbons (Fsp3) is 0.625. The zero-order chi connectivity index (χ0) is 23.1. The number of imide groups is 1. The summed E-state index contributed by atoms with van der Waals surface area (Å²) in [6, 6.07) is 7.12. The highest BCUT2D eigenvalue weighted by Crippen LogP contribution is 2.44. The number of rotatable bonds is 10. The van der Waals surface area contributed by atoms with Gasteiger partial charge in [0.05, 0.1) is 31.8 Å². The van der Waals surface area contributed by atoms with E-state index in [-0.39, 0.29) is 49.8 Å². The van der Waals surface area contributed by atoms with Crippen LogP contribution in [-0.4, -0.2) is 81.2 Å². The van der Waals surface area contributed by atoms with Crippen molar-refractivity contribution >= 4 is 17.7 Å². The second-order valence-corrected chi connectivity index (χ2v) is 8.57. The van der Waals surface area contributed by atoms with Crippen molar-refractivity contribution in [1.82, 2.24) is 9.80 Å². The lowest BCUT2D eigenvalue weighted by molar-refractivity contribution is -0.143. The molecule has 2 fully saturated rings. The number of hydrogen-bond acceptors (Lipinski definition) is 6. The summed E-state index contributed by atoms with van der Waals surface area (Å²) in [7, 11) is 4.78. The third-order valence-corrected chi connectivity index (χ3v) is 6.49. The zero-order valence-corrected chi connectivity index (χ0v) is 19.3. The standard InChI is InChI=1S/C24H34N2O6/c1-25(12-11-18-8-6-7-14-32-18)21(27)16-24(19-9-4-5-10-20(19)31-3)17-22(28)26(23(24)29)13-15-30-2/h4-5,9-10,18H,6-8,11-17H2,1-3H3/t18-,24+/m0/s1. The zero-order valence-electron chi connectivity index (χ0n) is 19.3. The molecule has 0 radical (unpaired) electrons. The second kappa shape index (κ2) is 10.9. The maximum absolute atomic E-state index is 13.6. The quantitative estimate of drug-likeness (QED) is 0.512. The topological polar surface area (TPSA) is 85.4 Å². The molecule has 1 aromatic rings. The number of para-hydroxylation sites is 1. The summed E-state index contributed by atoms with van der Waals surface area (Å²) in [4.78, 5) is 42.5. The highest BCUT2D eigenvalue weighted by molar-refractivity contribution is 6.11. The minimum absolute atomic E-state index is 0.0682. The van der Waals surface area contributed by atoms with Crippen LogP contribution >= 0.6 is 0 Å². The van der Waals surface area contributed by atoms with E-state index in [1.54, 1.807) is 36.2 Å². The number of likely N-dealkylation sites (tertiary alicyclic amines) is 1. The molecule has 0 aliphatic carbocycles. The molecule has 8 heteroatoms. The van der Waals surface area contributed by atoms with Crippen molar-refractivity contribution in [1.29, 1.82) is 0 Å². The van der Waals surface area contributed by atoms with Gasteiger partial charge < -0.3 is 19.1 Å². The molecule has 2 saturated heterocycles. The average molecular weight is 447 g/mol. The molecule has 0 saturated carbocycles. The molecule has 2 aliphatic rings. The first kappa shape index (κ1) is 24.2. The van der Waals surface area contributed by atoms with Crippen molar-refractivity contribution < 1.29 is 28.6 Å². The number of nitrogens with zero attached hydrogens (tertiary/aromatic N) is 2. The molecular formula is C24H34N2O6. The summed E-state index contributed by atoms with van der Waals surface area (Å²) >= 11 is 0. The summed E-state index contributed by atoms with van der Waals surface area (Å²) in [6.07, 6.45) is 4.01. The van der Waals surface area contributed by atoms with Gasteiger partial charge >= 0.3 is 0 Å². The number of methoxy groups -OCH3 is 2. The Labute approximate surface area is 189 Å². The maximum Gasteiger partial charge on any atom is 0.241 e. The molecule has 0 unspecified atom stereocenters. The van der Waals surface area contributed by atoms with E-state index in [2.05, 4.69) is 0 Å². The smallest absolute Gasteiger partial charge is 0.241 e. The van der Waals surface area contributed by atoms with E-state index in [1.807, 2.05) is 0 Å². The molecule has 3 amide bonds. The Morgan fingerprint density at radius 1 is 1.25 bits per heavy atom. The van der Waals surface area contributed by atoms with Crippen LogP contribution in [0.1, 0.15) is 44.1 Å². The number of hydrogen-bond donors (Lipinski definition) is 0. The Morgan fingerprint density at radius 2 is 2.03 bits per heavy atom. The van der Waals surface area contributed by atoms with Crippen LogP contribution < -0.4 is 4.74 Å². The van der Waals surface area contributed by atoms with Crippen LogP contribution in [0.5, 0.6) is 5.75 Å². The Balaban J connectivity index is 1.82. The molecule has 32 heavy (non-hydrogen) atoms. The third-order valence-electron chi connectivity index (χ3n) is 6.49. The van der Waals surface area contributed by atoms with Crippen LogP contribution in [-0.2, 0) is 29.3 Å². The van der Waals surface area contributed by atoms with Gasteiger partial charge in [-0.3, -0.25) is 19.3 Å². The maximum atomic E-state index is 13.6. The summed E-state index contributed by atoms with van der Waals surface area (Å²) in [5.41, 5.74) is -0.720. The molecule has 1 aromatic carbocycles. The molecule has 176 valence electrons. The molecule has 2 aliphatic heterocycles. The molecule has 0 spiro atoms. The van der Waals surface area contributed by atoms with Gasteiger partial charge in [0, 0.05) is 45.7 Å². The Kier molecular flexibility index (Phi) is 8.26. The van der Waals surface area contributed by atoms with E-state index in [4.69, 9.17) is 14.2 Å². The fourth-order valence-corrected chi connectivity index (χ4v) is 4.58. The van der Waals surface area contributed by atoms with Gasteiger partial charge in [0.15, 0.2) is 0 Å². The fourth-order valence-electron chi connectivity index (χ4n) is 4.58. The van der Waals surface area contributed by atoms with E-state index in [1.165, 1.54) is 19.1 Å². The molecule has 2 heterocycles. The minimum atomic E-state index is -1.29. The van der Waals surface area contributed by atoms with Crippen LogP contribution in [0.25, 0.3) is 0 Å². The largest absolute Gasteiger partial charge is 0.496 e. The predicted octanol–water partition coefficient (Wildman–Crippen LogP) is 2.15. The van der Waals surface area contributed by atoms with Crippen molar-refractivity contribution in [3.05, 3.63) is 29.8 Å². The van der Waals surface area contributed by atoms with Gasteiger partial charge in [-0.1, -0.05) is 18.2 Å². The lowest BCUT2D eigenvalue weighted by Gasteiger charge is -2.31. The van der Waals surface area contributed by atoms with Crippen LogP contribution in [0.3, 0.4) is 0 Å². The van der Waals surface area contributed by atoms with Crippen LogP contribution in [0.15, 0.2) is 24.3 Å². The van der Waals surface area contributed by atoms with Gasteiger partial charge in [0.25, 0.3) is 0 Å². The van der Waals surface area contributed by atoms with E-state index >= 15 is 0 Å². The predicted molar refractivity (Wildman–Crippen MR) is 118 cm³/mol. The van der Waals surface area contributed by atoms with E-state index < -0.39 is 5.41 Å².